The van der Waals surface area contributed by atoms with Crippen LogP contribution in [-0.4, -0.2) is 42.3 Å². The minimum atomic E-state index is -0.600. The van der Waals surface area contributed by atoms with Crippen LogP contribution in [0, 0.1) is 0 Å². The number of nitrogens with zero attached hydrogens (tertiary/aromatic N) is 2. The van der Waals surface area contributed by atoms with E-state index in [0.29, 0.717) is 53.2 Å². The number of halogens is 2. The molecule has 1 fully saturated rings. The maximum Gasteiger partial charge on any atom is 0.413 e. The largest absolute Gasteiger partial charge is 0.491 e. The molecule has 1 N–H and O–H groups in total. The van der Waals surface area contributed by atoms with Crippen LogP contribution in [-0.2, 0) is 9.47 Å². The van der Waals surface area contributed by atoms with Gasteiger partial charge in [-0.25, -0.2) is 9.48 Å². The lowest BCUT2D eigenvalue weighted by Crippen LogP contribution is -2.28. The highest BCUT2D eigenvalue weighted by Gasteiger charge is 2.25. The van der Waals surface area contributed by atoms with Crippen molar-refractivity contribution in [1.29, 1.82) is 0 Å². The molecule has 2 heterocycles. The van der Waals surface area contributed by atoms with Crippen molar-refractivity contribution in [2.75, 3.05) is 25.6 Å². The van der Waals surface area contributed by atoms with E-state index in [0.717, 1.165) is 5.56 Å². The van der Waals surface area contributed by atoms with Crippen LogP contribution in [0.2, 0.25) is 10.0 Å². The molecule has 0 radical (unpaired) electrons. The molecular weight excluding hydrogens is 441 g/mol. The molecule has 4 rings (SSSR count). The summed E-state index contributed by atoms with van der Waals surface area (Å²) in [5, 5.41) is 8.39. The molecule has 1 aromatic heterocycles. The highest BCUT2D eigenvalue weighted by atomic mass is 35.5. The number of para-hydroxylation sites is 1. The second kappa shape index (κ2) is 9.60. The topological polar surface area (TPSA) is 74.6 Å². The fraction of sp³-hybridized carbons (Fsp3) is 0.273. The summed E-state index contributed by atoms with van der Waals surface area (Å²) in [4.78, 5) is 12.5. The molecule has 3 aromatic rings. The molecule has 7 nitrogen and oxygen atoms in total. The normalized spacial score (nSPS) is 14.3. The van der Waals surface area contributed by atoms with Crippen LogP contribution in [0.5, 0.6) is 5.75 Å². The second-order valence-electron chi connectivity index (χ2n) is 6.94. The fourth-order valence-corrected chi connectivity index (χ4v) is 3.75. The van der Waals surface area contributed by atoms with Crippen molar-refractivity contribution in [3.8, 4) is 22.7 Å². The molecule has 0 spiro atoms. The van der Waals surface area contributed by atoms with Crippen LogP contribution in [0.3, 0.4) is 0 Å². The number of methoxy groups -OCH3 is 1. The molecule has 0 aliphatic carbocycles. The van der Waals surface area contributed by atoms with Crippen molar-refractivity contribution in [3.05, 3.63) is 58.6 Å². The van der Waals surface area contributed by atoms with E-state index >= 15 is 0 Å². The average Bonchev–Trinajstić information content (AvgIpc) is 3.13. The number of rotatable bonds is 5. The number of anilines is 1. The first-order valence-electron chi connectivity index (χ1n) is 9.80. The third kappa shape index (κ3) is 4.79. The Hall–Kier alpha value is -2.74. The summed E-state index contributed by atoms with van der Waals surface area (Å²) in [7, 11) is 1.52. The molecule has 2 aromatic carbocycles. The summed E-state index contributed by atoms with van der Waals surface area (Å²) in [6, 6.07) is 14.5. The van der Waals surface area contributed by atoms with Gasteiger partial charge in [0.05, 0.1) is 31.0 Å². The average molecular weight is 462 g/mol. The van der Waals surface area contributed by atoms with Crippen LogP contribution in [0.1, 0.15) is 12.8 Å². The Morgan fingerprint density at radius 3 is 2.52 bits per heavy atom. The first kappa shape index (κ1) is 21.5. The van der Waals surface area contributed by atoms with E-state index < -0.39 is 6.09 Å². The molecule has 0 saturated carbocycles. The molecule has 31 heavy (non-hydrogen) atoms. The highest BCUT2D eigenvalue weighted by Crippen LogP contribution is 2.40. The third-order valence-corrected chi connectivity index (χ3v) is 5.48. The molecule has 9 heteroatoms. The van der Waals surface area contributed by atoms with E-state index in [1.54, 1.807) is 22.9 Å². The van der Waals surface area contributed by atoms with Gasteiger partial charge in [0, 0.05) is 23.4 Å². The monoisotopic (exact) mass is 461 g/mol. The van der Waals surface area contributed by atoms with Crippen molar-refractivity contribution in [2.24, 2.45) is 0 Å². The summed E-state index contributed by atoms with van der Waals surface area (Å²) < 4.78 is 18.1. The van der Waals surface area contributed by atoms with Gasteiger partial charge < -0.3 is 14.2 Å². The number of hydrogen-bond donors (Lipinski definition) is 1. The van der Waals surface area contributed by atoms with Gasteiger partial charge in [0.1, 0.15) is 11.8 Å². The van der Waals surface area contributed by atoms with E-state index in [1.807, 2.05) is 30.3 Å². The van der Waals surface area contributed by atoms with Crippen LogP contribution >= 0.6 is 23.2 Å². The standard InChI is InChI=1S/C22H21Cl2N3O4/c1-29-20-19(14-6-8-15(23)9-7-14)27(18-5-3-2-4-17(18)24)26-21(20)25-22(28)31-16-10-12-30-13-11-16/h2-9,16H,10-13H2,1H3,(H,25,26,28). The van der Waals surface area contributed by atoms with Crippen molar-refractivity contribution in [1.82, 2.24) is 9.78 Å². The number of carbonyl (C=O) groups is 1. The number of amides is 1. The molecule has 0 bridgehead atoms. The Bertz CT molecular complexity index is 1060. The lowest BCUT2D eigenvalue weighted by Gasteiger charge is -2.22. The zero-order valence-electron chi connectivity index (χ0n) is 16.8. The molecule has 1 saturated heterocycles. The maximum atomic E-state index is 12.5. The van der Waals surface area contributed by atoms with Crippen LogP contribution in [0.4, 0.5) is 10.6 Å². The quantitative estimate of drug-likeness (QED) is 0.536. The van der Waals surface area contributed by atoms with Crippen molar-refractivity contribution < 1.29 is 19.0 Å². The number of benzene rings is 2. The molecule has 162 valence electrons. The lowest BCUT2D eigenvalue weighted by molar-refractivity contribution is 0.00588. The Morgan fingerprint density at radius 1 is 1.13 bits per heavy atom. The highest BCUT2D eigenvalue weighted by molar-refractivity contribution is 6.32. The maximum absolute atomic E-state index is 12.5. The molecular formula is C22H21Cl2N3O4. The predicted molar refractivity (Wildman–Crippen MR) is 120 cm³/mol. The van der Waals surface area contributed by atoms with E-state index in [4.69, 9.17) is 37.4 Å². The second-order valence-corrected chi connectivity index (χ2v) is 7.79. The van der Waals surface area contributed by atoms with E-state index in [1.165, 1.54) is 7.11 Å². The van der Waals surface area contributed by atoms with Gasteiger partial charge in [0.15, 0.2) is 5.75 Å². The number of hydrogen-bond acceptors (Lipinski definition) is 5. The van der Waals surface area contributed by atoms with Gasteiger partial charge in [-0.05, 0) is 24.3 Å². The van der Waals surface area contributed by atoms with Gasteiger partial charge in [-0.15, -0.1) is 5.10 Å². The minimum Gasteiger partial charge on any atom is -0.491 e. The van der Waals surface area contributed by atoms with Gasteiger partial charge in [-0.1, -0.05) is 47.5 Å². The lowest BCUT2D eigenvalue weighted by atomic mass is 10.1. The van der Waals surface area contributed by atoms with Gasteiger partial charge in [0.2, 0.25) is 5.82 Å². The van der Waals surface area contributed by atoms with Crippen molar-refractivity contribution in [2.45, 2.75) is 18.9 Å². The minimum absolute atomic E-state index is 0.193. The summed E-state index contributed by atoms with van der Waals surface area (Å²) >= 11 is 12.5. The van der Waals surface area contributed by atoms with Gasteiger partial charge in [0.25, 0.3) is 0 Å². The third-order valence-electron chi connectivity index (χ3n) is 4.91. The molecule has 0 unspecified atom stereocenters. The summed E-state index contributed by atoms with van der Waals surface area (Å²) in [6.07, 6.45) is 0.529. The van der Waals surface area contributed by atoms with Crippen LogP contribution in [0.25, 0.3) is 16.9 Å². The zero-order valence-corrected chi connectivity index (χ0v) is 18.3. The smallest absolute Gasteiger partial charge is 0.413 e. The van der Waals surface area contributed by atoms with Gasteiger partial charge in [-0.2, -0.15) is 0 Å². The van der Waals surface area contributed by atoms with Gasteiger partial charge in [-0.3, -0.25) is 5.32 Å². The predicted octanol–water partition coefficient (Wildman–Crippen LogP) is 5.58. The fourth-order valence-electron chi connectivity index (χ4n) is 3.41. The molecule has 1 aliphatic rings. The Labute approximate surface area is 189 Å². The zero-order chi connectivity index (χ0) is 21.8. The van der Waals surface area contributed by atoms with E-state index in [-0.39, 0.29) is 11.9 Å². The van der Waals surface area contributed by atoms with Gasteiger partial charge >= 0.3 is 6.09 Å². The number of ether oxygens (including phenoxy) is 3. The summed E-state index contributed by atoms with van der Waals surface area (Å²) in [6.45, 7) is 1.15. The number of carbonyl (C=O) groups excluding carboxylic acids is 1. The van der Waals surface area contributed by atoms with Crippen molar-refractivity contribution in [3.63, 3.8) is 0 Å². The first-order valence-corrected chi connectivity index (χ1v) is 10.6. The SMILES string of the molecule is COc1c(NC(=O)OC2CCOCC2)nn(-c2ccccc2Cl)c1-c1ccc(Cl)cc1. The van der Waals surface area contributed by atoms with Crippen LogP contribution in [0.15, 0.2) is 48.5 Å². The summed E-state index contributed by atoms with van der Waals surface area (Å²) in [5.41, 5.74) is 2.05. The molecule has 1 amide bonds. The Morgan fingerprint density at radius 2 is 1.84 bits per heavy atom. The first-order chi connectivity index (χ1) is 15.1. The number of nitrogens with one attached hydrogen (secondary N) is 1. The molecule has 1 aliphatic heterocycles. The number of aromatic nitrogens is 2. The molecule has 0 atom stereocenters. The van der Waals surface area contributed by atoms with Crippen molar-refractivity contribution >= 4 is 35.1 Å². The van der Waals surface area contributed by atoms with E-state index in [9.17, 15) is 4.79 Å². The summed E-state index contributed by atoms with van der Waals surface area (Å²) in [5.74, 6) is 0.607. The Kier molecular flexibility index (Phi) is 6.65. The Balaban J connectivity index is 1.73. The van der Waals surface area contributed by atoms with E-state index in [2.05, 4.69) is 10.4 Å². The van der Waals surface area contributed by atoms with Crippen LogP contribution < -0.4 is 10.1 Å².